The zero-order valence-corrected chi connectivity index (χ0v) is 18.2. The Bertz CT molecular complexity index is 975. The number of ether oxygens (including phenoxy) is 1. The fourth-order valence-corrected chi connectivity index (χ4v) is 3.25. The summed E-state index contributed by atoms with van der Waals surface area (Å²) in [6.07, 6.45) is 5.00. The van der Waals surface area contributed by atoms with E-state index in [0.29, 0.717) is 10.8 Å². The van der Waals surface area contributed by atoms with Crippen LogP contribution in [0.2, 0.25) is 5.02 Å². The molecule has 0 aliphatic rings. The Hall–Kier alpha value is -2.45. The third-order valence-electron chi connectivity index (χ3n) is 3.88. The van der Waals surface area contributed by atoms with Crippen LogP contribution >= 0.6 is 11.6 Å². The van der Waals surface area contributed by atoms with Crippen LogP contribution in [-0.4, -0.2) is 36.6 Å². The summed E-state index contributed by atoms with van der Waals surface area (Å²) >= 11 is 6.29. The molecule has 2 atom stereocenters. The molecule has 0 aliphatic carbocycles. The van der Waals surface area contributed by atoms with Crippen molar-refractivity contribution in [2.75, 3.05) is 6.26 Å². The Morgan fingerprint density at radius 1 is 1.17 bits per heavy atom. The van der Waals surface area contributed by atoms with Crippen LogP contribution in [0.3, 0.4) is 0 Å². The number of carbonyl (C=O) groups excluding carboxylic acids is 1. The molecule has 0 aliphatic heterocycles. The molecule has 9 heteroatoms. The minimum absolute atomic E-state index is 0.0456. The molecule has 7 nitrogen and oxygen atoms in total. The van der Waals surface area contributed by atoms with Crippen LogP contribution in [0.4, 0.5) is 0 Å². The molecule has 1 aromatic carbocycles. The molecular weight excluding hydrogens is 414 g/mol. The first-order chi connectivity index (χ1) is 13.6. The molecule has 29 heavy (non-hydrogen) atoms. The van der Waals surface area contributed by atoms with Crippen LogP contribution < -0.4 is 10.1 Å². The van der Waals surface area contributed by atoms with Gasteiger partial charge in [0, 0.05) is 28.3 Å². The van der Waals surface area contributed by atoms with Crippen molar-refractivity contribution >= 4 is 27.3 Å². The van der Waals surface area contributed by atoms with Crippen LogP contribution in [0.25, 0.3) is 0 Å². The average molecular weight is 438 g/mol. The monoisotopic (exact) mass is 437 g/mol. The van der Waals surface area contributed by atoms with Gasteiger partial charge in [-0.05, 0) is 18.9 Å². The molecule has 156 valence electrons. The molecule has 1 amide bonds. The van der Waals surface area contributed by atoms with Crippen molar-refractivity contribution in [3.8, 4) is 5.75 Å². The summed E-state index contributed by atoms with van der Waals surface area (Å²) in [6.45, 7) is 5.68. The lowest BCUT2D eigenvalue weighted by atomic mass is 9.99. The van der Waals surface area contributed by atoms with E-state index in [-0.39, 0.29) is 17.8 Å². The predicted octanol–water partition coefficient (Wildman–Crippen LogP) is 3.58. The van der Waals surface area contributed by atoms with Crippen LogP contribution in [0.15, 0.2) is 48.1 Å². The first-order valence-electron chi connectivity index (χ1n) is 8.99. The van der Waals surface area contributed by atoms with Gasteiger partial charge in [0.25, 0.3) is 5.91 Å². The van der Waals surface area contributed by atoms with Gasteiger partial charge in [0.2, 0.25) is 5.82 Å². The first-order valence-corrected chi connectivity index (χ1v) is 11.3. The van der Waals surface area contributed by atoms with Crippen LogP contribution in [-0.2, 0) is 9.84 Å². The Balaban J connectivity index is 2.08. The van der Waals surface area contributed by atoms with E-state index in [4.69, 9.17) is 16.3 Å². The zero-order chi connectivity index (χ0) is 21.6. The number of nitrogens with one attached hydrogen (secondary N) is 1. The molecule has 0 spiro atoms. The number of carbonyl (C=O) groups is 1. The highest BCUT2D eigenvalue weighted by molar-refractivity contribution is 7.93. The number of halogens is 1. The fourth-order valence-electron chi connectivity index (χ4n) is 2.49. The molecular formula is C20H24ClN3O4S. The van der Waals surface area contributed by atoms with Crippen molar-refractivity contribution < 1.29 is 17.9 Å². The zero-order valence-electron chi connectivity index (χ0n) is 16.7. The normalized spacial score (nSPS) is 14.0. The molecule has 0 saturated heterocycles. The highest BCUT2D eigenvalue weighted by Crippen LogP contribution is 2.32. The molecule has 1 heterocycles. The van der Waals surface area contributed by atoms with E-state index in [1.807, 2.05) is 32.0 Å². The van der Waals surface area contributed by atoms with Crippen molar-refractivity contribution in [1.29, 1.82) is 0 Å². The smallest absolute Gasteiger partial charge is 0.289 e. The highest BCUT2D eigenvalue weighted by atomic mass is 35.5. The molecule has 0 fully saturated rings. The van der Waals surface area contributed by atoms with Gasteiger partial charge in [0.05, 0.1) is 12.4 Å². The van der Waals surface area contributed by atoms with E-state index in [9.17, 15) is 13.2 Å². The third-order valence-corrected chi connectivity index (χ3v) is 4.88. The number of hydrogen-bond acceptors (Lipinski definition) is 6. The van der Waals surface area contributed by atoms with Gasteiger partial charge in [0.1, 0.15) is 6.10 Å². The number of benzene rings is 1. The van der Waals surface area contributed by atoms with Gasteiger partial charge in [-0.25, -0.2) is 18.4 Å². The van der Waals surface area contributed by atoms with E-state index < -0.39 is 21.8 Å². The summed E-state index contributed by atoms with van der Waals surface area (Å²) in [5.41, 5.74) is 0.859. The number of amides is 1. The van der Waals surface area contributed by atoms with E-state index in [2.05, 4.69) is 15.3 Å². The molecule has 0 saturated carbocycles. The average Bonchev–Trinajstić information content (AvgIpc) is 2.65. The molecule has 0 radical (unpaired) electrons. The Morgan fingerprint density at radius 2 is 1.79 bits per heavy atom. The van der Waals surface area contributed by atoms with Gasteiger partial charge in [-0.1, -0.05) is 49.7 Å². The summed E-state index contributed by atoms with van der Waals surface area (Å²) < 4.78 is 28.3. The number of hydrogen-bond donors (Lipinski definition) is 1. The summed E-state index contributed by atoms with van der Waals surface area (Å²) in [5.74, 6) is -0.0185. The summed E-state index contributed by atoms with van der Waals surface area (Å²) in [5, 5.41) is 4.26. The molecule has 1 N–H and O–H groups in total. The number of rotatable bonds is 8. The first kappa shape index (κ1) is 22.8. The summed E-state index contributed by atoms with van der Waals surface area (Å²) in [4.78, 5) is 20.3. The van der Waals surface area contributed by atoms with Crippen molar-refractivity contribution in [1.82, 2.24) is 15.3 Å². The lowest BCUT2D eigenvalue weighted by Crippen LogP contribution is -2.32. The minimum Gasteiger partial charge on any atom is -0.482 e. The maximum atomic E-state index is 12.2. The quantitative estimate of drug-likeness (QED) is 0.677. The maximum Gasteiger partial charge on any atom is 0.289 e. The van der Waals surface area contributed by atoms with Gasteiger partial charge in [-0.3, -0.25) is 4.79 Å². The Labute approximate surface area is 176 Å². The van der Waals surface area contributed by atoms with Crippen molar-refractivity contribution in [2.24, 2.45) is 5.92 Å². The molecule has 0 bridgehead atoms. The van der Waals surface area contributed by atoms with Crippen LogP contribution in [0.1, 0.15) is 43.1 Å². The van der Waals surface area contributed by atoms with Gasteiger partial charge in [-0.2, -0.15) is 0 Å². The van der Waals surface area contributed by atoms with Crippen LogP contribution in [0.5, 0.6) is 5.75 Å². The predicted molar refractivity (Wildman–Crippen MR) is 113 cm³/mol. The standard InChI is InChI=1S/C20H24ClN3O4S/c1-13(2)18(16-7-5-6-8-17(16)21)28-15-11-22-19(23-12-15)20(25)24-14(3)9-10-29(4,26)27/h5-14,18H,1-4H3,(H,24,25)/b10-9+/t14-,18-/m1/s1. The Kier molecular flexibility index (Phi) is 7.75. The highest BCUT2D eigenvalue weighted by Gasteiger charge is 2.21. The number of nitrogens with zero attached hydrogens (tertiary/aromatic N) is 2. The van der Waals surface area contributed by atoms with Crippen molar-refractivity contribution in [3.05, 3.63) is 64.6 Å². The second kappa shape index (κ2) is 9.84. The van der Waals surface area contributed by atoms with Crippen molar-refractivity contribution in [3.63, 3.8) is 0 Å². The van der Waals surface area contributed by atoms with E-state index in [0.717, 1.165) is 17.2 Å². The summed E-state index contributed by atoms with van der Waals surface area (Å²) in [7, 11) is -3.26. The van der Waals surface area contributed by atoms with Gasteiger partial charge < -0.3 is 10.1 Å². The SMILES string of the molecule is CC(C)[C@@H](Oc1cnc(C(=O)N[C@H](C)/C=C/S(C)(=O)=O)nc1)c1ccccc1Cl. The van der Waals surface area contributed by atoms with Crippen molar-refractivity contribution in [2.45, 2.75) is 32.9 Å². The number of aromatic nitrogens is 2. The van der Waals surface area contributed by atoms with Crippen LogP contribution in [0, 0.1) is 5.92 Å². The lowest BCUT2D eigenvalue weighted by molar-refractivity contribution is 0.0935. The molecule has 2 aromatic rings. The Morgan fingerprint density at radius 3 is 2.34 bits per heavy atom. The fraction of sp³-hybridized carbons (Fsp3) is 0.350. The second-order valence-electron chi connectivity index (χ2n) is 6.97. The van der Waals surface area contributed by atoms with Gasteiger partial charge in [0.15, 0.2) is 15.6 Å². The molecule has 1 aromatic heterocycles. The van der Waals surface area contributed by atoms with E-state index >= 15 is 0 Å². The molecule has 0 unspecified atom stereocenters. The minimum atomic E-state index is -3.26. The maximum absolute atomic E-state index is 12.2. The van der Waals surface area contributed by atoms with Gasteiger partial charge >= 0.3 is 0 Å². The largest absolute Gasteiger partial charge is 0.482 e. The number of sulfone groups is 1. The lowest BCUT2D eigenvalue weighted by Gasteiger charge is -2.23. The van der Waals surface area contributed by atoms with Gasteiger partial charge in [-0.15, -0.1) is 0 Å². The topological polar surface area (TPSA) is 98.2 Å². The summed E-state index contributed by atoms with van der Waals surface area (Å²) in [6, 6.07) is 6.96. The van der Waals surface area contributed by atoms with E-state index in [1.165, 1.54) is 18.5 Å². The van der Waals surface area contributed by atoms with E-state index in [1.54, 1.807) is 13.0 Å². The third kappa shape index (κ3) is 7.14. The molecule has 2 rings (SSSR count). The second-order valence-corrected chi connectivity index (χ2v) is 9.30.